The fraction of sp³-hybridized carbons (Fsp3) is 0.520. The van der Waals surface area contributed by atoms with Gasteiger partial charge in [0.15, 0.2) is 6.10 Å². The largest absolute Gasteiger partial charge is 0.496 e. The van der Waals surface area contributed by atoms with Crippen molar-refractivity contribution in [2.24, 2.45) is 0 Å². The summed E-state index contributed by atoms with van der Waals surface area (Å²) in [5.74, 6) is 0.435. The van der Waals surface area contributed by atoms with Gasteiger partial charge in [0.1, 0.15) is 34.9 Å². The first-order chi connectivity index (χ1) is 15.6. The van der Waals surface area contributed by atoms with Gasteiger partial charge in [-0.25, -0.2) is 4.79 Å². The van der Waals surface area contributed by atoms with Gasteiger partial charge in [0, 0.05) is 12.5 Å². The Kier molecular flexibility index (Phi) is 7.31. The molecule has 180 valence electrons. The molecule has 1 aromatic rings. The lowest BCUT2D eigenvalue weighted by atomic mass is 9.77. The number of allylic oxidation sites excluding steroid dienone is 4. The average molecular weight is 461 g/mol. The monoisotopic (exact) mass is 460 g/mol. The minimum Gasteiger partial charge on any atom is -0.496 e. The van der Waals surface area contributed by atoms with E-state index in [1.54, 1.807) is 50.3 Å². The zero-order valence-electron chi connectivity index (χ0n) is 19.9. The maximum absolute atomic E-state index is 11.7. The minimum atomic E-state index is -1.08. The van der Waals surface area contributed by atoms with Crippen LogP contribution in [0.4, 0.5) is 0 Å². The van der Waals surface area contributed by atoms with Crippen LogP contribution in [0.5, 0.6) is 5.75 Å². The smallest absolute Gasteiger partial charge is 0.339 e. The molecule has 0 aliphatic carbocycles. The number of aliphatic hydroxyl groups excluding tert-OH is 1. The van der Waals surface area contributed by atoms with Gasteiger partial charge in [0.25, 0.3) is 0 Å². The Bertz CT molecular complexity index is 1020. The zero-order valence-corrected chi connectivity index (χ0v) is 19.9. The molecule has 1 aromatic heterocycles. The number of hydrogen-bond donors (Lipinski definition) is 1. The third kappa shape index (κ3) is 4.69. The molecule has 2 bridgehead atoms. The highest BCUT2D eigenvalue weighted by Crippen LogP contribution is 2.51. The van der Waals surface area contributed by atoms with Crippen molar-refractivity contribution in [3.05, 3.63) is 58.2 Å². The van der Waals surface area contributed by atoms with E-state index in [0.717, 1.165) is 5.56 Å². The lowest BCUT2D eigenvalue weighted by molar-refractivity contribution is -0.235. The molecular weight excluding hydrogens is 428 g/mol. The Morgan fingerprint density at radius 1 is 1.18 bits per heavy atom. The summed E-state index contributed by atoms with van der Waals surface area (Å²) < 4.78 is 28.3. The number of carbonyl (C=O) groups excluding carboxylic acids is 1. The van der Waals surface area contributed by atoms with Crippen LogP contribution in [0.1, 0.15) is 45.4 Å². The van der Waals surface area contributed by atoms with Gasteiger partial charge < -0.3 is 28.5 Å². The van der Waals surface area contributed by atoms with Crippen molar-refractivity contribution in [2.75, 3.05) is 7.11 Å². The fourth-order valence-corrected chi connectivity index (χ4v) is 4.67. The molecular formula is C25H32O8. The van der Waals surface area contributed by atoms with E-state index in [1.807, 2.05) is 13.8 Å². The molecule has 0 spiro atoms. The Morgan fingerprint density at radius 3 is 2.52 bits per heavy atom. The van der Waals surface area contributed by atoms with E-state index < -0.39 is 41.1 Å². The van der Waals surface area contributed by atoms with Gasteiger partial charge in [-0.05, 0) is 33.3 Å². The molecule has 3 heterocycles. The summed E-state index contributed by atoms with van der Waals surface area (Å²) in [6.07, 6.45) is 8.37. The summed E-state index contributed by atoms with van der Waals surface area (Å²) in [4.78, 5) is 23.3. The number of hydrogen-bond acceptors (Lipinski definition) is 8. The molecule has 2 fully saturated rings. The first kappa shape index (κ1) is 25.0. The molecule has 3 rings (SSSR count). The topological polar surface area (TPSA) is 104 Å². The third-order valence-corrected chi connectivity index (χ3v) is 6.32. The highest BCUT2D eigenvalue weighted by Gasteiger charge is 2.69. The standard InChI is InChI=1S/C25H32O8/c1-7-20-24(4)23(30-16(3)26)25(5,33-20)22(28)18(32-24)13-11-9-8-10-12-17-15(2)19(29-6)14-21(27)31-17/h8-14,18,20,22-23,28H,7H2,1-6H3/b9-8+,12-10+,13-11+/t18-,20+,22-,23+,24-,25-/m0/s1. The number of methoxy groups -OCH3 is 1. The Labute approximate surface area is 193 Å². The van der Waals surface area contributed by atoms with Gasteiger partial charge in [0.05, 0.1) is 19.3 Å². The number of aliphatic hydroxyl groups is 1. The number of ether oxygens (including phenoxy) is 4. The van der Waals surface area contributed by atoms with Crippen molar-refractivity contribution in [2.45, 2.75) is 76.7 Å². The summed E-state index contributed by atoms with van der Waals surface area (Å²) >= 11 is 0. The van der Waals surface area contributed by atoms with Crippen LogP contribution in [-0.2, 0) is 19.0 Å². The SMILES string of the molecule is CC[C@H]1O[C@]2(C)[C@H](OC(C)=O)[C@@]1(C)O[C@@H](/C=C/C=C/C=C/c1oc(=O)cc(OC)c1C)[C@@H]2O. The van der Waals surface area contributed by atoms with Crippen molar-refractivity contribution < 1.29 is 33.3 Å². The molecule has 1 N–H and O–H groups in total. The van der Waals surface area contributed by atoms with Crippen LogP contribution in [0.25, 0.3) is 6.08 Å². The van der Waals surface area contributed by atoms with Gasteiger partial charge >= 0.3 is 11.6 Å². The summed E-state index contributed by atoms with van der Waals surface area (Å²) in [5.41, 5.74) is -1.73. The lowest BCUT2D eigenvalue weighted by Crippen LogP contribution is -2.65. The lowest BCUT2D eigenvalue weighted by Gasteiger charge is -2.47. The van der Waals surface area contributed by atoms with Gasteiger partial charge in [-0.3, -0.25) is 4.79 Å². The minimum absolute atomic E-state index is 0.320. The second-order valence-electron chi connectivity index (χ2n) is 8.65. The van der Waals surface area contributed by atoms with Crippen molar-refractivity contribution in [3.63, 3.8) is 0 Å². The molecule has 0 unspecified atom stereocenters. The van der Waals surface area contributed by atoms with Gasteiger partial charge in [-0.2, -0.15) is 0 Å². The molecule has 0 radical (unpaired) electrons. The van der Waals surface area contributed by atoms with Crippen molar-refractivity contribution in [1.29, 1.82) is 0 Å². The Morgan fingerprint density at radius 2 is 1.88 bits per heavy atom. The number of fused-ring (bicyclic) bond motifs is 2. The summed E-state index contributed by atoms with van der Waals surface area (Å²) in [5, 5.41) is 11.0. The normalized spacial score (nSPS) is 33.9. The van der Waals surface area contributed by atoms with Crippen LogP contribution in [0, 0.1) is 6.92 Å². The van der Waals surface area contributed by atoms with Crippen molar-refractivity contribution >= 4 is 12.0 Å². The van der Waals surface area contributed by atoms with E-state index in [1.165, 1.54) is 20.1 Å². The van der Waals surface area contributed by atoms with E-state index in [2.05, 4.69) is 0 Å². The predicted octanol–water partition coefficient (Wildman–Crippen LogP) is 3.10. The quantitative estimate of drug-likeness (QED) is 0.489. The first-order valence-electron chi connectivity index (χ1n) is 11.0. The van der Waals surface area contributed by atoms with Crippen LogP contribution >= 0.6 is 0 Å². The van der Waals surface area contributed by atoms with E-state index in [4.69, 9.17) is 23.4 Å². The summed E-state index contributed by atoms with van der Waals surface area (Å²) in [7, 11) is 1.50. The highest BCUT2D eigenvalue weighted by atomic mass is 16.7. The maximum atomic E-state index is 11.7. The first-order valence-corrected chi connectivity index (χ1v) is 11.0. The maximum Gasteiger partial charge on any atom is 0.339 e. The molecule has 8 nitrogen and oxygen atoms in total. The molecule has 0 amide bonds. The van der Waals surface area contributed by atoms with Gasteiger partial charge in [-0.1, -0.05) is 37.3 Å². The summed E-state index contributed by atoms with van der Waals surface area (Å²) in [6, 6.07) is 1.30. The number of carbonyl (C=O) groups is 1. The van der Waals surface area contributed by atoms with Crippen LogP contribution < -0.4 is 10.4 Å². The Balaban J connectivity index is 1.73. The molecule has 2 aliphatic rings. The van der Waals surface area contributed by atoms with Crippen LogP contribution in [0.15, 0.2) is 45.7 Å². The van der Waals surface area contributed by atoms with E-state index in [9.17, 15) is 14.7 Å². The molecule has 6 atom stereocenters. The van der Waals surface area contributed by atoms with Crippen molar-refractivity contribution in [3.8, 4) is 5.75 Å². The van der Waals surface area contributed by atoms with E-state index in [0.29, 0.717) is 17.9 Å². The number of esters is 1. The molecule has 2 aliphatic heterocycles. The molecule has 0 aromatic carbocycles. The van der Waals surface area contributed by atoms with Crippen LogP contribution in [0.3, 0.4) is 0 Å². The zero-order chi connectivity index (χ0) is 24.4. The van der Waals surface area contributed by atoms with E-state index in [-0.39, 0.29) is 6.10 Å². The molecule has 8 heteroatoms. The van der Waals surface area contributed by atoms with Crippen LogP contribution in [-0.4, -0.2) is 53.8 Å². The second-order valence-corrected chi connectivity index (χ2v) is 8.65. The molecule has 0 saturated carbocycles. The average Bonchev–Trinajstić information content (AvgIpc) is 2.93. The number of rotatable bonds is 7. The van der Waals surface area contributed by atoms with Gasteiger partial charge in [-0.15, -0.1) is 0 Å². The highest BCUT2D eigenvalue weighted by molar-refractivity contribution is 5.66. The third-order valence-electron chi connectivity index (χ3n) is 6.32. The predicted molar refractivity (Wildman–Crippen MR) is 122 cm³/mol. The molecule has 33 heavy (non-hydrogen) atoms. The molecule has 2 saturated heterocycles. The van der Waals surface area contributed by atoms with Gasteiger partial charge in [0.2, 0.25) is 0 Å². The van der Waals surface area contributed by atoms with Crippen molar-refractivity contribution in [1.82, 2.24) is 0 Å². The van der Waals surface area contributed by atoms with E-state index >= 15 is 0 Å². The fourth-order valence-electron chi connectivity index (χ4n) is 4.67. The second kappa shape index (κ2) is 9.67. The summed E-state index contributed by atoms with van der Waals surface area (Å²) in [6.45, 7) is 8.71. The van der Waals surface area contributed by atoms with Crippen LogP contribution in [0.2, 0.25) is 0 Å². The Hall–Kier alpha value is -2.68.